The van der Waals surface area contributed by atoms with Crippen LogP contribution in [0.5, 0.6) is 0 Å². The van der Waals surface area contributed by atoms with Gasteiger partial charge in [-0.25, -0.2) is 4.99 Å². The molecule has 0 spiro atoms. The number of primary amides is 1. The second-order valence-corrected chi connectivity index (χ2v) is 7.91. The zero-order valence-electron chi connectivity index (χ0n) is 18.9. The van der Waals surface area contributed by atoms with Crippen molar-refractivity contribution in [3.63, 3.8) is 0 Å². The summed E-state index contributed by atoms with van der Waals surface area (Å²) in [6.45, 7) is 6.92. The van der Waals surface area contributed by atoms with E-state index in [1.54, 1.807) is 19.0 Å². The molecule has 1 atom stereocenters. The van der Waals surface area contributed by atoms with Crippen molar-refractivity contribution in [1.82, 2.24) is 20.4 Å². The maximum absolute atomic E-state index is 12.0. The Bertz CT molecular complexity index is 723. The number of piperidine rings is 1. The normalized spacial score (nSPS) is 16.9. The summed E-state index contributed by atoms with van der Waals surface area (Å²) in [5.74, 6) is 0.582. The van der Waals surface area contributed by atoms with Crippen LogP contribution in [0.25, 0.3) is 0 Å². The second kappa shape index (κ2) is 14.2. The van der Waals surface area contributed by atoms with Gasteiger partial charge < -0.3 is 26.2 Å². The number of benzene rings is 1. The number of carbonyl (C=O) groups excluding carboxylic acids is 2. The third kappa shape index (κ3) is 9.42. The van der Waals surface area contributed by atoms with Crippen LogP contribution in [0.4, 0.5) is 0 Å². The number of aliphatic imine (C=N–C) groups is 1. The van der Waals surface area contributed by atoms with E-state index in [1.165, 1.54) is 0 Å². The summed E-state index contributed by atoms with van der Waals surface area (Å²) in [5, 5.41) is 6.63. The van der Waals surface area contributed by atoms with Crippen molar-refractivity contribution in [2.45, 2.75) is 32.7 Å². The summed E-state index contributed by atoms with van der Waals surface area (Å²) in [6, 6.07) is 7.56. The van der Waals surface area contributed by atoms with E-state index in [9.17, 15) is 9.59 Å². The number of halogens is 1. The molecule has 1 aliphatic rings. The van der Waals surface area contributed by atoms with Crippen molar-refractivity contribution < 1.29 is 9.59 Å². The number of likely N-dealkylation sites (tertiary alicyclic amines) is 1. The topological polar surface area (TPSA) is 103 Å². The second-order valence-electron chi connectivity index (χ2n) is 7.91. The summed E-state index contributed by atoms with van der Waals surface area (Å²) < 4.78 is 0. The molecule has 9 heteroatoms. The highest BCUT2D eigenvalue weighted by atomic mass is 127. The zero-order valence-corrected chi connectivity index (χ0v) is 21.2. The monoisotopic (exact) mass is 544 g/mol. The van der Waals surface area contributed by atoms with Crippen LogP contribution < -0.4 is 16.4 Å². The van der Waals surface area contributed by atoms with Gasteiger partial charge in [-0.15, -0.1) is 24.0 Å². The van der Waals surface area contributed by atoms with Crippen molar-refractivity contribution in [2.24, 2.45) is 16.6 Å². The maximum Gasteiger partial charge on any atom is 0.253 e. The average molecular weight is 544 g/mol. The zero-order chi connectivity index (χ0) is 21.9. The molecule has 1 aliphatic heterocycles. The lowest BCUT2D eigenvalue weighted by Crippen LogP contribution is -2.43. The van der Waals surface area contributed by atoms with Crippen molar-refractivity contribution in [2.75, 3.05) is 46.8 Å². The maximum atomic E-state index is 12.0. The molecule has 1 unspecified atom stereocenters. The first-order valence-electron chi connectivity index (χ1n) is 10.7. The molecule has 2 amide bonds. The number of amides is 2. The Morgan fingerprint density at radius 2 is 1.94 bits per heavy atom. The molecule has 0 radical (unpaired) electrons. The fraction of sp³-hybridized carbons (Fsp3) is 0.591. The lowest BCUT2D eigenvalue weighted by Gasteiger charge is -2.31. The van der Waals surface area contributed by atoms with Gasteiger partial charge >= 0.3 is 0 Å². The molecule has 0 saturated carbocycles. The predicted molar refractivity (Wildman–Crippen MR) is 136 cm³/mol. The van der Waals surface area contributed by atoms with Crippen LogP contribution in [0.1, 0.15) is 42.1 Å². The van der Waals surface area contributed by atoms with Gasteiger partial charge in [0.15, 0.2) is 5.96 Å². The Kier molecular flexibility index (Phi) is 12.5. The largest absolute Gasteiger partial charge is 0.369 e. The summed E-state index contributed by atoms with van der Waals surface area (Å²) in [4.78, 5) is 31.9. The highest BCUT2D eigenvalue weighted by Crippen LogP contribution is 2.15. The van der Waals surface area contributed by atoms with Crippen LogP contribution >= 0.6 is 24.0 Å². The minimum atomic E-state index is -0.182. The molecule has 1 aromatic rings. The first-order chi connectivity index (χ1) is 14.4. The van der Waals surface area contributed by atoms with Gasteiger partial charge in [0.2, 0.25) is 5.91 Å². The third-order valence-electron chi connectivity index (χ3n) is 5.22. The van der Waals surface area contributed by atoms with Crippen molar-refractivity contribution in [1.29, 1.82) is 0 Å². The molecule has 174 valence electrons. The summed E-state index contributed by atoms with van der Waals surface area (Å²) in [7, 11) is 3.49. The molecule has 1 saturated heterocycles. The van der Waals surface area contributed by atoms with Gasteiger partial charge in [0.1, 0.15) is 0 Å². The minimum Gasteiger partial charge on any atom is -0.369 e. The quantitative estimate of drug-likeness (QED) is 0.190. The van der Waals surface area contributed by atoms with Crippen LogP contribution in [0.15, 0.2) is 29.3 Å². The van der Waals surface area contributed by atoms with Crippen LogP contribution in [-0.2, 0) is 11.3 Å². The molecule has 4 N–H and O–H groups in total. The molecule has 2 rings (SSSR count). The van der Waals surface area contributed by atoms with E-state index in [2.05, 4.69) is 20.5 Å². The molecule has 0 aliphatic carbocycles. The summed E-state index contributed by atoms with van der Waals surface area (Å²) in [6.07, 6.45) is 2.91. The van der Waals surface area contributed by atoms with Crippen LogP contribution in [-0.4, -0.2) is 74.4 Å². The first kappa shape index (κ1) is 27.2. The number of nitrogens with two attached hydrogens (primary N) is 1. The van der Waals surface area contributed by atoms with Crippen LogP contribution in [0.3, 0.4) is 0 Å². The van der Waals surface area contributed by atoms with Crippen molar-refractivity contribution in [3.8, 4) is 0 Å². The fourth-order valence-electron chi connectivity index (χ4n) is 3.52. The molecular weight excluding hydrogens is 507 g/mol. The highest BCUT2D eigenvalue weighted by Gasteiger charge is 2.23. The van der Waals surface area contributed by atoms with E-state index < -0.39 is 0 Å². The van der Waals surface area contributed by atoms with Gasteiger partial charge in [-0.3, -0.25) is 9.59 Å². The number of carbonyl (C=O) groups is 2. The lowest BCUT2D eigenvalue weighted by molar-refractivity contribution is -0.123. The van der Waals surface area contributed by atoms with Gasteiger partial charge in [0.05, 0.1) is 12.5 Å². The van der Waals surface area contributed by atoms with E-state index in [1.807, 2.05) is 31.2 Å². The third-order valence-corrected chi connectivity index (χ3v) is 5.22. The molecule has 1 heterocycles. The Morgan fingerprint density at radius 3 is 2.55 bits per heavy atom. The first-order valence-corrected chi connectivity index (χ1v) is 10.7. The van der Waals surface area contributed by atoms with Crippen LogP contribution in [0, 0.1) is 5.92 Å². The standard InChI is InChI=1S/C22H36N6O2.HI/c1-4-24-22(25-12-6-14-28-13-5-7-19(16-28)20(23)29)26-15-17-8-10-18(11-9-17)21(30)27(2)3;/h8-11,19H,4-7,12-16H2,1-3H3,(H2,23,29)(H2,24,25,26);1H. The van der Waals surface area contributed by atoms with E-state index >= 15 is 0 Å². The number of guanidine groups is 1. The van der Waals surface area contributed by atoms with Gasteiger partial charge in [-0.05, 0) is 57.0 Å². The number of nitrogens with zero attached hydrogens (tertiary/aromatic N) is 3. The Balaban J connectivity index is 0.00000480. The molecular formula is C22H37IN6O2. The number of rotatable bonds is 9. The van der Waals surface area contributed by atoms with E-state index in [0.29, 0.717) is 12.1 Å². The molecule has 1 aromatic carbocycles. The number of hydrogen-bond acceptors (Lipinski definition) is 4. The van der Waals surface area contributed by atoms with Crippen molar-refractivity contribution >= 4 is 41.8 Å². The molecule has 8 nitrogen and oxygen atoms in total. The molecule has 0 aromatic heterocycles. The van der Waals surface area contributed by atoms with Crippen LogP contribution in [0.2, 0.25) is 0 Å². The Morgan fingerprint density at radius 1 is 1.23 bits per heavy atom. The van der Waals surface area contributed by atoms with E-state index in [0.717, 1.165) is 63.5 Å². The van der Waals surface area contributed by atoms with Gasteiger partial charge in [0, 0.05) is 39.3 Å². The lowest BCUT2D eigenvalue weighted by atomic mass is 9.97. The van der Waals surface area contributed by atoms with Crippen molar-refractivity contribution in [3.05, 3.63) is 35.4 Å². The number of hydrogen-bond donors (Lipinski definition) is 3. The highest BCUT2D eigenvalue weighted by molar-refractivity contribution is 14.0. The number of nitrogens with one attached hydrogen (secondary N) is 2. The molecule has 1 fully saturated rings. The van der Waals surface area contributed by atoms with E-state index in [4.69, 9.17) is 5.73 Å². The molecule has 0 bridgehead atoms. The van der Waals surface area contributed by atoms with E-state index in [-0.39, 0.29) is 41.7 Å². The minimum absolute atomic E-state index is 0. The fourth-order valence-corrected chi connectivity index (χ4v) is 3.52. The predicted octanol–water partition coefficient (Wildman–Crippen LogP) is 1.65. The van der Waals surface area contributed by atoms with Gasteiger partial charge in [-0.1, -0.05) is 12.1 Å². The molecule has 31 heavy (non-hydrogen) atoms. The smallest absolute Gasteiger partial charge is 0.253 e. The Labute approximate surface area is 203 Å². The Hall–Kier alpha value is -1.88. The van der Waals surface area contributed by atoms with Gasteiger partial charge in [0.25, 0.3) is 5.91 Å². The summed E-state index contributed by atoms with van der Waals surface area (Å²) >= 11 is 0. The summed E-state index contributed by atoms with van der Waals surface area (Å²) in [5.41, 5.74) is 7.18. The SMILES string of the molecule is CCNC(=NCc1ccc(C(=O)N(C)C)cc1)NCCCN1CCCC(C(N)=O)C1.I. The average Bonchev–Trinajstić information content (AvgIpc) is 2.74. The van der Waals surface area contributed by atoms with Gasteiger partial charge in [-0.2, -0.15) is 0 Å².